The van der Waals surface area contributed by atoms with E-state index in [1.807, 2.05) is 0 Å². The van der Waals surface area contributed by atoms with Crippen LogP contribution in [0.4, 0.5) is 0 Å². The minimum absolute atomic E-state index is 0. The quantitative estimate of drug-likeness (QED) is 0.0526. The molecule has 0 rings (SSSR count). The van der Waals surface area contributed by atoms with Gasteiger partial charge >= 0.3 is 27.3 Å². The van der Waals surface area contributed by atoms with Crippen LogP contribution in [0.3, 0.4) is 0 Å². The molecule has 0 N–H and O–H groups in total. The molecular formula is C36H58CdO4. The van der Waals surface area contributed by atoms with Crippen LogP contribution in [0.2, 0.25) is 0 Å². The SMILES string of the molecule is CCCCC=CC=CC=CCCCCCCCC(=O)[O-].CCCCC=CC=CC=CCCCCCCCC(=O)[O-].[Cd+2]. The second-order valence-corrected chi connectivity index (χ2v) is 10.1. The zero-order chi connectivity index (χ0) is 29.8. The summed E-state index contributed by atoms with van der Waals surface area (Å²) in [6.45, 7) is 4.41. The van der Waals surface area contributed by atoms with Crippen molar-refractivity contribution in [1.82, 2.24) is 0 Å². The zero-order valence-electron chi connectivity index (χ0n) is 26.4. The van der Waals surface area contributed by atoms with E-state index in [4.69, 9.17) is 0 Å². The molecule has 0 aliphatic rings. The average Bonchev–Trinajstić information content (AvgIpc) is 2.93. The van der Waals surface area contributed by atoms with E-state index in [9.17, 15) is 19.8 Å². The van der Waals surface area contributed by atoms with E-state index in [0.29, 0.717) is 0 Å². The molecule has 0 aromatic carbocycles. The molecular weight excluding hydrogens is 609 g/mol. The van der Waals surface area contributed by atoms with Crippen LogP contribution < -0.4 is 10.2 Å². The topological polar surface area (TPSA) is 80.3 Å². The van der Waals surface area contributed by atoms with Gasteiger partial charge in [-0.3, -0.25) is 0 Å². The molecule has 0 aromatic heterocycles. The Labute approximate surface area is 273 Å². The number of hydrogen-bond donors (Lipinski definition) is 0. The van der Waals surface area contributed by atoms with E-state index in [1.54, 1.807) is 0 Å². The Balaban J connectivity index is -0.000000688. The van der Waals surface area contributed by atoms with Crippen molar-refractivity contribution in [1.29, 1.82) is 0 Å². The van der Waals surface area contributed by atoms with Gasteiger partial charge in [-0.2, -0.15) is 0 Å². The molecule has 0 unspecified atom stereocenters. The molecule has 0 saturated heterocycles. The van der Waals surface area contributed by atoms with Crippen molar-refractivity contribution >= 4 is 11.9 Å². The molecule has 0 heterocycles. The van der Waals surface area contributed by atoms with Crippen molar-refractivity contribution in [3.8, 4) is 0 Å². The van der Waals surface area contributed by atoms with Crippen molar-refractivity contribution in [2.24, 2.45) is 0 Å². The van der Waals surface area contributed by atoms with E-state index in [2.05, 4.69) is 86.8 Å². The molecule has 0 spiro atoms. The number of rotatable bonds is 26. The van der Waals surface area contributed by atoms with Crippen LogP contribution in [0.5, 0.6) is 0 Å². The molecule has 0 aliphatic carbocycles. The molecule has 0 atom stereocenters. The minimum Gasteiger partial charge on any atom is -0.550 e. The van der Waals surface area contributed by atoms with Crippen LogP contribution in [0.25, 0.3) is 0 Å². The van der Waals surface area contributed by atoms with Crippen LogP contribution >= 0.6 is 0 Å². The third-order valence-electron chi connectivity index (χ3n) is 6.16. The van der Waals surface area contributed by atoms with E-state index >= 15 is 0 Å². The number of unbranched alkanes of at least 4 members (excludes halogenated alkanes) is 14. The molecule has 0 amide bonds. The molecule has 0 saturated carbocycles. The summed E-state index contributed by atoms with van der Waals surface area (Å²) in [5, 5.41) is 20.4. The monoisotopic (exact) mass is 668 g/mol. The van der Waals surface area contributed by atoms with Crippen molar-refractivity contribution in [2.75, 3.05) is 0 Å². The molecule has 0 aliphatic heterocycles. The average molecular weight is 667 g/mol. The van der Waals surface area contributed by atoms with Gasteiger partial charge in [0.1, 0.15) is 0 Å². The number of hydrogen-bond acceptors (Lipinski definition) is 4. The standard InChI is InChI=1S/2C18H30O2.Cd/c2*1-2-3-4-5-6-7-8-9-10-11-12-13-14-15-16-17-18(19)20;/h2*5-10H,2-4,11-17H2,1H3,(H,19,20);/q;;+2/p-2. The molecule has 228 valence electrons. The van der Waals surface area contributed by atoms with E-state index < -0.39 is 11.9 Å². The molecule has 0 fully saturated rings. The predicted molar refractivity (Wildman–Crippen MR) is 169 cm³/mol. The summed E-state index contributed by atoms with van der Waals surface area (Å²) in [6, 6.07) is 0. The molecule has 0 bridgehead atoms. The van der Waals surface area contributed by atoms with Gasteiger partial charge in [0.25, 0.3) is 0 Å². The fraction of sp³-hybridized carbons (Fsp3) is 0.611. The summed E-state index contributed by atoms with van der Waals surface area (Å²) < 4.78 is 0. The van der Waals surface area contributed by atoms with Gasteiger partial charge in [-0.05, 0) is 64.2 Å². The van der Waals surface area contributed by atoms with Gasteiger partial charge in [0.05, 0.1) is 0 Å². The zero-order valence-corrected chi connectivity index (χ0v) is 30.4. The van der Waals surface area contributed by atoms with Gasteiger partial charge in [-0.15, -0.1) is 0 Å². The van der Waals surface area contributed by atoms with Crippen LogP contribution in [0.1, 0.15) is 142 Å². The number of carbonyl (C=O) groups excluding carboxylic acids is 2. The van der Waals surface area contributed by atoms with E-state index in [1.165, 1.54) is 64.2 Å². The summed E-state index contributed by atoms with van der Waals surface area (Å²) in [5.41, 5.74) is 0. The van der Waals surface area contributed by atoms with Gasteiger partial charge in [0.2, 0.25) is 0 Å². The first-order chi connectivity index (χ1) is 19.5. The van der Waals surface area contributed by atoms with Crippen LogP contribution in [0, 0.1) is 0 Å². The Hall–Kier alpha value is -1.70. The fourth-order valence-electron chi connectivity index (χ4n) is 3.72. The van der Waals surface area contributed by atoms with Crippen LogP contribution in [-0.4, -0.2) is 11.9 Å². The summed E-state index contributed by atoms with van der Waals surface area (Å²) in [6.07, 6.45) is 46.0. The van der Waals surface area contributed by atoms with Crippen molar-refractivity contribution in [3.63, 3.8) is 0 Å². The molecule has 4 nitrogen and oxygen atoms in total. The van der Waals surface area contributed by atoms with E-state index in [-0.39, 0.29) is 40.1 Å². The number of aliphatic carboxylic acids is 2. The van der Waals surface area contributed by atoms with Gasteiger partial charge < -0.3 is 19.8 Å². The van der Waals surface area contributed by atoms with Gasteiger partial charge in [-0.1, -0.05) is 151 Å². The first kappa shape index (κ1) is 43.8. The third kappa shape index (κ3) is 48.4. The Bertz CT molecular complexity index is 670. The molecule has 0 aromatic rings. The minimum atomic E-state index is -0.927. The first-order valence-electron chi connectivity index (χ1n) is 15.9. The first-order valence-corrected chi connectivity index (χ1v) is 15.9. The summed E-state index contributed by atoms with van der Waals surface area (Å²) in [5.74, 6) is -1.85. The molecule has 41 heavy (non-hydrogen) atoms. The predicted octanol–water partition coefficient (Wildman–Crippen LogP) is 8.65. The third-order valence-corrected chi connectivity index (χ3v) is 6.16. The largest absolute Gasteiger partial charge is 2.00 e. The maximum atomic E-state index is 10.2. The second kappa shape index (κ2) is 40.4. The van der Waals surface area contributed by atoms with E-state index in [0.717, 1.165) is 51.4 Å². The number of carbonyl (C=O) groups is 2. The molecule has 0 radical (unpaired) electrons. The summed E-state index contributed by atoms with van der Waals surface area (Å²) in [7, 11) is 0. The van der Waals surface area contributed by atoms with Crippen molar-refractivity contribution in [2.45, 2.75) is 142 Å². The maximum absolute atomic E-state index is 10.2. The normalized spacial score (nSPS) is 11.8. The van der Waals surface area contributed by atoms with Gasteiger partial charge in [0.15, 0.2) is 0 Å². The number of carboxylic acids is 2. The Morgan fingerprint density at radius 2 is 0.683 bits per heavy atom. The number of carboxylic acid groups (broad SMARTS) is 2. The smallest absolute Gasteiger partial charge is 0.550 e. The van der Waals surface area contributed by atoms with Crippen molar-refractivity contribution in [3.05, 3.63) is 72.9 Å². The van der Waals surface area contributed by atoms with Crippen molar-refractivity contribution < 1.29 is 47.1 Å². The number of allylic oxidation sites excluding steroid dienone is 12. The van der Waals surface area contributed by atoms with Crippen LogP contribution in [0.15, 0.2) is 72.9 Å². The Kier molecular flexibility index (Phi) is 43.2. The fourth-order valence-corrected chi connectivity index (χ4v) is 3.72. The van der Waals surface area contributed by atoms with Gasteiger partial charge in [0, 0.05) is 11.9 Å². The summed E-state index contributed by atoms with van der Waals surface area (Å²) in [4.78, 5) is 20.4. The molecule has 5 heteroatoms. The summed E-state index contributed by atoms with van der Waals surface area (Å²) >= 11 is 0. The second-order valence-electron chi connectivity index (χ2n) is 10.1. The van der Waals surface area contributed by atoms with Crippen LogP contribution in [-0.2, 0) is 36.9 Å². The Morgan fingerprint density at radius 3 is 0.976 bits per heavy atom. The Morgan fingerprint density at radius 1 is 0.415 bits per heavy atom. The van der Waals surface area contributed by atoms with Gasteiger partial charge in [-0.25, -0.2) is 0 Å². The maximum Gasteiger partial charge on any atom is 2.00 e.